The molecule has 0 bridgehead atoms. The van der Waals surface area contributed by atoms with Gasteiger partial charge in [-0.2, -0.15) is 0 Å². The second-order valence-corrected chi connectivity index (χ2v) is 6.80. The number of nitrogens with one attached hydrogen (secondary N) is 2. The summed E-state index contributed by atoms with van der Waals surface area (Å²) in [5.41, 5.74) is 5.26. The van der Waals surface area contributed by atoms with Gasteiger partial charge in [-0.25, -0.2) is 4.79 Å². The normalized spacial score (nSPS) is 18.1. The number of carbonyl (C=O) groups is 4. The predicted octanol–water partition coefficient (Wildman–Crippen LogP) is 1.59. The number of ether oxygens (including phenoxy) is 1. The molecule has 0 saturated carbocycles. The minimum Gasteiger partial charge on any atom is -0.497 e. The molecule has 1 fully saturated rings. The van der Waals surface area contributed by atoms with Crippen molar-refractivity contribution in [3.05, 3.63) is 59.7 Å². The average molecular weight is 410 g/mol. The number of imide groups is 1. The van der Waals surface area contributed by atoms with Gasteiger partial charge in [-0.15, -0.1) is 0 Å². The van der Waals surface area contributed by atoms with Crippen LogP contribution in [0.2, 0.25) is 0 Å². The van der Waals surface area contributed by atoms with Gasteiger partial charge < -0.3 is 21.1 Å². The fraction of sp³-hybridized carbons (Fsp3) is 0.238. The highest BCUT2D eigenvalue weighted by Crippen LogP contribution is 2.33. The molecule has 5 amide bonds. The zero-order chi connectivity index (χ0) is 21.9. The molecule has 0 unspecified atom stereocenters. The van der Waals surface area contributed by atoms with E-state index in [-0.39, 0.29) is 0 Å². The van der Waals surface area contributed by atoms with E-state index in [1.807, 2.05) is 0 Å². The first-order chi connectivity index (χ1) is 14.3. The maximum Gasteiger partial charge on any atom is 0.325 e. The molecule has 1 saturated heterocycles. The molecule has 9 nitrogen and oxygen atoms in total. The summed E-state index contributed by atoms with van der Waals surface area (Å²) in [7, 11) is 1.54. The molecule has 2 aromatic carbocycles. The molecule has 0 aliphatic carbocycles. The second kappa shape index (κ2) is 8.24. The fourth-order valence-corrected chi connectivity index (χ4v) is 3.35. The largest absolute Gasteiger partial charge is 0.497 e. The van der Waals surface area contributed by atoms with Crippen molar-refractivity contribution in [2.45, 2.75) is 18.9 Å². The number of rotatable bonds is 7. The Kier molecular flexibility index (Phi) is 5.72. The van der Waals surface area contributed by atoms with Crippen molar-refractivity contribution in [1.82, 2.24) is 10.2 Å². The number of primary amides is 1. The van der Waals surface area contributed by atoms with Gasteiger partial charge in [0.2, 0.25) is 11.8 Å². The zero-order valence-corrected chi connectivity index (χ0v) is 16.6. The smallest absolute Gasteiger partial charge is 0.325 e. The topological polar surface area (TPSA) is 131 Å². The molecule has 30 heavy (non-hydrogen) atoms. The first-order valence-electron chi connectivity index (χ1n) is 9.29. The summed E-state index contributed by atoms with van der Waals surface area (Å²) >= 11 is 0. The van der Waals surface area contributed by atoms with Crippen LogP contribution in [-0.4, -0.2) is 42.3 Å². The average Bonchev–Trinajstić information content (AvgIpc) is 2.99. The summed E-state index contributed by atoms with van der Waals surface area (Å²) in [6, 6.07) is 12.2. The monoisotopic (exact) mass is 410 g/mol. The molecule has 0 spiro atoms. The molecule has 0 aromatic heterocycles. The summed E-state index contributed by atoms with van der Waals surface area (Å²) in [5, 5.41) is 5.32. The zero-order valence-electron chi connectivity index (χ0n) is 16.6. The van der Waals surface area contributed by atoms with Crippen LogP contribution >= 0.6 is 0 Å². The van der Waals surface area contributed by atoms with E-state index in [2.05, 4.69) is 10.6 Å². The molecule has 156 valence electrons. The molecular formula is C21H22N4O5. The van der Waals surface area contributed by atoms with E-state index in [0.29, 0.717) is 29.0 Å². The van der Waals surface area contributed by atoms with E-state index >= 15 is 0 Å². The third-order valence-electron chi connectivity index (χ3n) is 5.04. The number of hydrogen-bond donors (Lipinski definition) is 3. The first-order valence-corrected chi connectivity index (χ1v) is 9.29. The number of urea groups is 1. The van der Waals surface area contributed by atoms with Crippen LogP contribution in [0.1, 0.15) is 29.3 Å². The summed E-state index contributed by atoms with van der Waals surface area (Å²) in [5.74, 6) is -1.01. The molecular weight excluding hydrogens is 388 g/mol. The number of benzene rings is 2. The molecule has 1 aliphatic heterocycles. The highest BCUT2D eigenvalue weighted by molar-refractivity contribution is 6.10. The Balaban J connectivity index is 1.74. The Morgan fingerprint density at radius 3 is 2.27 bits per heavy atom. The summed E-state index contributed by atoms with van der Waals surface area (Å²) < 4.78 is 5.14. The SMILES string of the molecule is CC[C@]1(c2ccc(OC)cc2)NC(=O)N(CC(=O)Nc2ccc(C(N)=O)cc2)C1=O. The third-order valence-corrected chi connectivity index (χ3v) is 5.04. The van der Waals surface area contributed by atoms with Crippen LogP contribution < -0.4 is 21.1 Å². The minimum absolute atomic E-state index is 0.300. The third kappa shape index (κ3) is 3.82. The Morgan fingerprint density at radius 1 is 1.10 bits per heavy atom. The molecule has 1 aliphatic rings. The molecule has 1 atom stereocenters. The maximum atomic E-state index is 13.1. The Morgan fingerprint density at radius 2 is 1.73 bits per heavy atom. The van der Waals surface area contributed by atoms with E-state index in [1.165, 1.54) is 31.4 Å². The van der Waals surface area contributed by atoms with Gasteiger partial charge in [0.1, 0.15) is 17.8 Å². The number of methoxy groups -OCH3 is 1. The fourth-order valence-electron chi connectivity index (χ4n) is 3.35. The van der Waals surface area contributed by atoms with Gasteiger partial charge in [0.25, 0.3) is 5.91 Å². The number of nitrogens with two attached hydrogens (primary N) is 1. The summed E-state index contributed by atoms with van der Waals surface area (Å²) in [6.07, 6.45) is 0.316. The van der Waals surface area contributed by atoms with Crippen LogP contribution in [0.15, 0.2) is 48.5 Å². The lowest BCUT2D eigenvalue weighted by Crippen LogP contribution is -2.44. The van der Waals surface area contributed by atoms with Crippen LogP contribution in [0.3, 0.4) is 0 Å². The molecule has 0 radical (unpaired) electrons. The van der Waals surface area contributed by atoms with Crippen molar-refractivity contribution in [2.24, 2.45) is 5.73 Å². The van der Waals surface area contributed by atoms with E-state index in [1.54, 1.807) is 31.2 Å². The molecule has 2 aromatic rings. The molecule has 3 rings (SSSR count). The van der Waals surface area contributed by atoms with Gasteiger partial charge in [-0.05, 0) is 48.4 Å². The number of nitrogens with zero attached hydrogens (tertiary/aromatic N) is 1. The lowest BCUT2D eigenvalue weighted by molar-refractivity contribution is -0.134. The van der Waals surface area contributed by atoms with Crippen molar-refractivity contribution in [3.63, 3.8) is 0 Å². The maximum absolute atomic E-state index is 13.1. The van der Waals surface area contributed by atoms with Gasteiger partial charge in [0, 0.05) is 11.3 Å². The van der Waals surface area contributed by atoms with Gasteiger partial charge >= 0.3 is 6.03 Å². The Labute approximate surface area is 173 Å². The van der Waals surface area contributed by atoms with E-state index in [4.69, 9.17) is 10.5 Å². The Bertz CT molecular complexity index is 987. The number of amides is 5. The van der Waals surface area contributed by atoms with Crippen LogP contribution in [0.5, 0.6) is 5.75 Å². The van der Waals surface area contributed by atoms with Crippen LogP contribution in [0, 0.1) is 0 Å². The van der Waals surface area contributed by atoms with Gasteiger partial charge in [0.05, 0.1) is 7.11 Å². The first kappa shape index (κ1) is 20.8. The lowest BCUT2D eigenvalue weighted by atomic mass is 9.87. The van der Waals surface area contributed by atoms with Crippen molar-refractivity contribution < 1.29 is 23.9 Å². The molecule has 9 heteroatoms. The molecule has 1 heterocycles. The number of anilines is 1. The molecule has 4 N–H and O–H groups in total. The van der Waals surface area contributed by atoms with E-state index in [0.717, 1.165) is 4.90 Å². The Hall–Kier alpha value is -3.88. The van der Waals surface area contributed by atoms with Gasteiger partial charge in [-0.1, -0.05) is 19.1 Å². The van der Waals surface area contributed by atoms with Gasteiger partial charge in [-0.3, -0.25) is 19.3 Å². The van der Waals surface area contributed by atoms with E-state index in [9.17, 15) is 19.2 Å². The van der Waals surface area contributed by atoms with Crippen LogP contribution in [0.25, 0.3) is 0 Å². The predicted molar refractivity (Wildman–Crippen MR) is 109 cm³/mol. The van der Waals surface area contributed by atoms with Crippen LogP contribution in [-0.2, 0) is 15.1 Å². The van der Waals surface area contributed by atoms with Crippen molar-refractivity contribution >= 4 is 29.4 Å². The standard InChI is InChI=1S/C21H22N4O5/c1-3-21(14-6-10-16(30-2)11-7-14)19(28)25(20(29)24-21)12-17(26)23-15-8-4-13(5-9-15)18(22)27/h4-11H,3,12H2,1-2H3,(H2,22,27)(H,23,26)(H,24,29)/t21-/m1/s1. The van der Waals surface area contributed by atoms with Crippen LogP contribution in [0.4, 0.5) is 10.5 Å². The van der Waals surface area contributed by atoms with E-state index < -0.39 is 35.8 Å². The minimum atomic E-state index is -1.24. The van der Waals surface area contributed by atoms with Crippen molar-refractivity contribution in [1.29, 1.82) is 0 Å². The highest BCUT2D eigenvalue weighted by Gasteiger charge is 2.51. The van der Waals surface area contributed by atoms with Gasteiger partial charge in [0.15, 0.2) is 0 Å². The lowest BCUT2D eigenvalue weighted by Gasteiger charge is -2.26. The highest BCUT2D eigenvalue weighted by atomic mass is 16.5. The second-order valence-electron chi connectivity index (χ2n) is 6.80. The summed E-state index contributed by atoms with van der Waals surface area (Å²) in [6.45, 7) is 1.34. The number of hydrogen-bond acceptors (Lipinski definition) is 5. The van der Waals surface area contributed by atoms with Crippen molar-refractivity contribution in [3.8, 4) is 5.75 Å². The van der Waals surface area contributed by atoms with Crippen molar-refractivity contribution in [2.75, 3.05) is 19.0 Å². The summed E-state index contributed by atoms with van der Waals surface area (Å²) in [4.78, 5) is 50.0. The number of carbonyl (C=O) groups excluding carboxylic acids is 4. The quantitative estimate of drug-likeness (QED) is 0.597.